The Bertz CT molecular complexity index is 840. The Morgan fingerprint density at radius 1 is 1.17 bits per heavy atom. The minimum atomic E-state index is -3.92. The quantitative estimate of drug-likeness (QED) is 0.653. The maximum atomic E-state index is 13.6. The number of halogens is 1. The van der Waals surface area contributed by atoms with Crippen LogP contribution >= 0.6 is 0 Å². The molecule has 0 spiro atoms. The summed E-state index contributed by atoms with van der Waals surface area (Å²) >= 11 is 0. The SMILES string of the molecule is NS(=O)(=O)Nc1cccc(NC(=O)c2ccc(CO)c(F)c2)c1. The molecule has 9 heteroatoms. The van der Waals surface area contributed by atoms with Crippen LogP contribution in [0.5, 0.6) is 0 Å². The number of nitrogens with two attached hydrogens (primary N) is 1. The molecule has 0 bridgehead atoms. The molecule has 0 heterocycles. The predicted octanol–water partition coefficient (Wildman–Crippen LogP) is 1.19. The first-order valence-electron chi connectivity index (χ1n) is 6.40. The molecule has 0 radical (unpaired) electrons. The van der Waals surface area contributed by atoms with E-state index < -0.39 is 28.5 Å². The average Bonchev–Trinajstić information content (AvgIpc) is 2.45. The maximum Gasteiger partial charge on any atom is 0.296 e. The largest absolute Gasteiger partial charge is 0.392 e. The number of nitrogens with one attached hydrogen (secondary N) is 2. The first-order chi connectivity index (χ1) is 10.8. The highest BCUT2D eigenvalue weighted by Gasteiger charge is 2.10. The Labute approximate surface area is 132 Å². The lowest BCUT2D eigenvalue weighted by Crippen LogP contribution is -2.21. The Morgan fingerprint density at radius 2 is 1.87 bits per heavy atom. The number of aliphatic hydroxyl groups excluding tert-OH is 1. The van der Waals surface area contributed by atoms with Crippen LogP contribution in [0.4, 0.5) is 15.8 Å². The van der Waals surface area contributed by atoms with Gasteiger partial charge in [-0.25, -0.2) is 9.53 Å². The third kappa shape index (κ3) is 4.74. The lowest BCUT2D eigenvalue weighted by molar-refractivity contribution is 0.102. The number of aliphatic hydroxyl groups is 1. The zero-order chi connectivity index (χ0) is 17.0. The molecule has 23 heavy (non-hydrogen) atoms. The second kappa shape index (κ2) is 6.73. The summed E-state index contributed by atoms with van der Waals surface area (Å²) in [6.45, 7) is -0.463. The molecule has 122 valence electrons. The fraction of sp³-hybridized carbons (Fsp3) is 0.0714. The third-order valence-electron chi connectivity index (χ3n) is 2.87. The Hall–Kier alpha value is -2.49. The van der Waals surface area contributed by atoms with Gasteiger partial charge in [0.25, 0.3) is 16.1 Å². The van der Waals surface area contributed by atoms with Crippen molar-refractivity contribution in [2.75, 3.05) is 10.0 Å². The highest BCUT2D eigenvalue weighted by atomic mass is 32.2. The molecule has 2 aromatic carbocycles. The summed E-state index contributed by atoms with van der Waals surface area (Å²) < 4.78 is 37.6. The van der Waals surface area contributed by atoms with Crippen molar-refractivity contribution in [2.45, 2.75) is 6.61 Å². The number of benzene rings is 2. The first-order valence-corrected chi connectivity index (χ1v) is 7.94. The van der Waals surface area contributed by atoms with E-state index in [1.54, 1.807) is 0 Å². The molecule has 0 atom stereocenters. The van der Waals surface area contributed by atoms with Crippen molar-refractivity contribution < 1.29 is 22.7 Å². The number of anilines is 2. The van der Waals surface area contributed by atoms with Gasteiger partial charge in [0, 0.05) is 16.8 Å². The predicted molar refractivity (Wildman–Crippen MR) is 83.4 cm³/mol. The van der Waals surface area contributed by atoms with Gasteiger partial charge in [-0.05, 0) is 30.3 Å². The van der Waals surface area contributed by atoms with E-state index in [4.69, 9.17) is 10.2 Å². The van der Waals surface area contributed by atoms with Crippen LogP contribution < -0.4 is 15.2 Å². The molecule has 0 unspecified atom stereocenters. The van der Waals surface area contributed by atoms with Gasteiger partial charge in [0.2, 0.25) is 0 Å². The number of hydrogen-bond acceptors (Lipinski definition) is 4. The maximum absolute atomic E-state index is 13.6. The molecule has 7 nitrogen and oxygen atoms in total. The topological polar surface area (TPSA) is 122 Å². The van der Waals surface area contributed by atoms with E-state index in [9.17, 15) is 17.6 Å². The highest BCUT2D eigenvalue weighted by Crippen LogP contribution is 2.17. The summed E-state index contributed by atoms with van der Waals surface area (Å²) in [6.07, 6.45) is 0. The number of amides is 1. The number of carbonyl (C=O) groups excluding carboxylic acids is 1. The van der Waals surface area contributed by atoms with E-state index in [1.165, 1.54) is 36.4 Å². The average molecular weight is 339 g/mol. The molecule has 1 amide bonds. The second-order valence-corrected chi connectivity index (χ2v) is 5.94. The summed E-state index contributed by atoms with van der Waals surface area (Å²) in [4.78, 5) is 12.1. The molecule has 0 fully saturated rings. The van der Waals surface area contributed by atoms with Crippen LogP contribution in [0.3, 0.4) is 0 Å². The molecule has 0 aromatic heterocycles. The summed E-state index contributed by atoms with van der Waals surface area (Å²) in [7, 11) is -3.92. The molecule has 2 aromatic rings. The van der Waals surface area contributed by atoms with Crippen LogP contribution in [0.2, 0.25) is 0 Å². The number of carbonyl (C=O) groups is 1. The lowest BCUT2D eigenvalue weighted by Gasteiger charge is -2.09. The summed E-state index contributed by atoms with van der Waals surface area (Å²) in [5, 5.41) is 16.3. The molecule has 5 N–H and O–H groups in total. The standard InChI is InChI=1S/C14H14FN3O4S/c15-13-6-9(4-5-10(13)8-19)14(20)17-11-2-1-3-12(7-11)18-23(16,21)22/h1-7,18-19H,8H2,(H,17,20)(H2,16,21,22). The molecule has 0 aliphatic rings. The van der Waals surface area contributed by atoms with Gasteiger partial charge in [-0.15, -0.1) is 0 Å². The molecule has 0 saturated heterocycles. The Balaban J connectivity index is 2.17. The van der Waals surface area contributed by atoms with Crippen molar-refractivity contribution in [1.82, 2.24) is 0 Å². The van der Waals surface area contributed by atoms with Gasteiger partial charge in [0.05, 0.1) is 12.3 Å². The van der Waals surface area contributed by atoms with Crippen LogP contribution in [0.25, 0.3) is 0 Å². The van der Waals surface area contributed by atoms with Gasteiger partial charge in [-0.3, -0.25) is 9.52 Å². The van der Waals surface area contributed by atoms with Gasteiger partial charge in [-0.2, -0.15) is 8.42 Å². The highest BCUT2D eigenvalue weighted by molar-refractivity contribution is 7.90. The van der Waals surface area contributed by atoms with E-state index in [0.29, 0.717) is 5.69 Å². The second-order valence-electron chi connectivity index (χ2n) is 4.65. The number of hydrogen-bond donors (Lipinski definition) is 4. The summed E-state index contributed by atoms with van der Waals surface area (Å²) in [6, 6.07) is 9.55. The minimum absolute atomic E-state index is 0.0597. The van der Waals surface area contributed by atoms with Crippen molar-refractivity contribution in [1.29, 1.82) is 0 Å². The van der Waals surface area contributed by atoms with Crippen LogP contribution in [-0.2, 0) is 16.8 Å². The monoisotopic (exact) mass is 339 g/mol. The van der Waals surface area contributed by atoms with E-state index in [2.05, 4.69) is 10.0 Å². The summed E-state index contributed by atoms with van der Waals surface area (Å²) in [5.74, 6) is -1.27. The zero-order valence-corrected chi connectivity index (χ0v) is 12.6. The first kappa shape index (κ1) is 16.9. The Morgan fingerprint density at radius 3 is 2.48 bits per heavy atom. The molecular formula is C14H14FN3O4S. The van der Waals surface area contributed by atoms with Crippen molar-refractivity contribution in [2.24, 2.45) is 5.14 Å². The number of rotatable bonds is 5. The van der Waals surface area contributed by atoms with E-state index in [-0.39, 0.29) is 16.8 Å². The van der Waals surface area contributed by atoms with Crippen molar-refractivity contribution in [3.8, 4) is 0 Å². The van der Waals surface area contributed by atoms with Gasteiger partial charge in [0.1, 0.15) is 5.82 Å². The summed E-state index contributed by atoms with van der Waals surface area (Å²) in [5.41, 5.74) is 0.618. The van der Waals surface area contributed by atoms with Crippen LogP contribution in [0, 0.1) is 5.82 Å². The van der Waals surface area contributed by atoms with Crippen LogP contribution in [0.15, 0.2) is 42.5 Å². The van der Waals surface area contributed by atoms with Crippen molar-refractivity contribution >= 4 is 27.5 Å². The van der Waals surface area contributed by atoms with E-state index >= 15 is 0 Å². The van der Waals surface area contributed by atoms with Gasteiger partial charge in [-0.1, -0.05) is 12.1 Å². The molecule has 0 aliphatic carbocycles. The Kier molecular flexibility index (Phi) is 4.94. The molecule has 2 rings (SSSR count). The smallest absolute Gasteiger partial charge is 0.296 e. The fourth-order valence-electron chi connectivity index (χ4n) is 1.84. The van der Waals surface area contributed by atoms with E-state index in [1.807, 2.05) is 0 Å². The minimum Gasteiger partial charge on any atom is -0.392 e. The lowest BCUT2D eigenvalue weighted by atomic mass is 10.1. The molecule has 0 saturated carbocycles. The normalized spacial score (nSPS) is 11.1. The molecular weight excluding hydrogens is 325 g/mol. The fourth-order valence-corrected chi connectivity index (χ4v) is 2.30. The van der Waals surface area contributed by atoms with Crippen LogP contribution in [-0.4, -0.2) is 19.4 Å². The third-order valence-corrected chi connectivity index (χ3v) is 3.39. The van der Waals surface area contributed by atoms with Gasteiger partial charge < -0.3 is 10.4 Å². The van der Waals surface area contributed by atoms with Crippen molar-refractivity contribution in [3.05, 3.63) is 59.4 Å². The van der Waals surface area contributed by atoms with Gasteiger partial charge >= 0.3 is 0 Å². The van der Waals surface area contributed by atoms with Crippen LogP contribution in [0.1, 0.15) is 15.9 Å². The van der Waals surface area contributed by atoms with Gasteiger partial charge in [0.15, 0.2) is 0 Å². The zero-order valence-electron chi connectivity index (χ0n) is 11.8. The molecule has 0 aliphatic heterocycles. The van der Waals surface area contributed by atoms with E-state index in [0.717, 1.165) is 6.07 Å². The van der Waals surface area contributed by atoms with Crippen molar-refractivity contribution in [3.63, 3.8) is 0 Å².